The predicted octanol–water partition coefficient (Wildman–Crippen LogP) is 0.0798. The molecule has 2 N–H and O–H groups in total. The van der Waals surface area contributed by atoms with Crippen molar-refractivity contribution in [2.24, 2.45) is 0 Å². The van der Waals surface area contributed by atoms with Crippen LogP contribution in [0.1, 0.15) is 25.7 Å². The van der Waals surface area contributed by atoms with E-state index in [0.29, 0.717) is 45.7 Å². The number of nitrogens with one attached hydrogen (secondary N) is 1. The van der Waals surface area contributed by atoms with Crippen LogP contribution in [0.15, 0.2) is 0 Å². The number of hydrogen-bond acceptors (Lipinski definition) is 4. The highest BCUT2D eigenvalue weighted by molar-refractivity contribution is 5.76. The molecule has 1 fully saturated rings. The Balaban J connectivity index is 1.93. The summed E-state index contributed by atoms with van der Waals surface area (Å²) >= 11 is 0. The molecule has 6 heteroatoms. The third-order valence-electron chi connectivity index (χ3n) is 2.85. The second kappa shape index (κ2) is 8.88. The summed E-state index contributed by atoms with van der Waals surface area (Å²) in [6.07, 6.45) is 2.17. The van der Waals surface area contributed by atoms with Crippen molar-refractivity contribution in [2.45, 2.75) is 25.7 Å². The van der Waals surface area contributed by atoms with E-state index in [0.717, 1.165) is 13.0 Å². The van der Waals surface area contributed by atoms with Crippen LogP contribution in [0.5, 0.6) is 0 Å². The molecule has 1 aliphatic heterocycles. The van der Waals surface area contributed by atoms with Crippen LogP contribution < -0.4 is 5.32 Å². The molecule has 0 aromatic rings. The molecular formula is C12H22N2O4. The number of amides is 1. The van der Waals surface area contributed by atoms with E-state index in [2.05, 4.69) is 5.32 Å². The Morgan fingerprint density at radius 1 is 1.11 bits per heavy atom. The molecule has 0 spiro atoms. The zero-order chi connectivity index (χ0) is 13.2. The molecule has 0 bridgehead atoms. The van der Waals surface area contributed by atoms with Crippen LogP contribution in [0.25, 0.3) is 0 Å². The highest BCUT2D eigenvalue weighted by atomic mass is 16.5. The lowest BCUT2D eigenvalue weighted by atomic mass is 10.2. The van der Waals surface area contributed by atoms with Crippen LogP contribution in [-0.4, -0.2) is 61.3 Å². The highest BCUT2D eigenvalue weighted by Gasteiger charge is 2.15. The van der Waals surface area contributed by atoms with Gasteiger partial charge in [-0.2, -0.15) is 0 Å². The first-order chi connectivity index (χ1) is 8.70. The van der Waals surface area contributed by atoms with Gasteiger partial charge in [-0.05, 0) is 25.9 Å². The molecule has 0 aromatic carbocycles. The Bertz CT molecular complexity index is 265. The summed E-state index contributed by atoms with van der Waals surface area (Å²) in [5, 5.41) is 11.6. The molecule has 0 radical (unpaired) electrons. The van der Waals surface area contributed by atoms with Crippen LogP contribution in [0, 0.1) is 0 Å². The minimum Gasteiger partial charge on any atom is -0.481 e. The molecule has 6 nitrogen and oxygen atoms in total. The molecule has 1 aliphatic rings. The highest BCUT2D eigenvalue weighted by Crippen LogP contribution is 2.01. The zero-order valence-corrected chi connectivity index (χ0v) is 10.7. The summed E-state index contributed by atoms with van der Waals surface area (Å²) in [5.41, 5.74) is 0. The number of carboxylic acids is 1. The third-order valence-corrected chi connectivity index (χ3v) is 2.85. The Morgan fingerprint density at radius 3 is 2.33 bits per heavy atom. The number of carbonyl (C=O) groups excluding carboxylic acids is 1. The number of carboxylic acid groups (broad SMARTS) is 1. The minimum absolute atomic E-state index is 0.186. The van der Waals surface area contributed by atoms with E-state index in [1.54, 1.807) is 0 Å². The summed E-state index contributed by atoms with van der Waals surface area (Å²) in [4.78, 5) is 23.8. The van der Waals surface area contributed by atoms with Crippen LogP contribution in [-0.2, 0) is 14.3 Å². The van der Waals surface area contributed by atoms with Crippen molar-refractivity contribution in [2.75, 3.05) is 39.4 Å². The molecule has 0 unspecified atom stereocenters. The van der Waals surface area contributed by atoms with Gasteiger partial charge >= 0.3 is 5.97 Å². The molecule has 1 rings (SSSR count). The van der Waals surface area contributed by atoms with Crippen molar-refractivity contribution >= 4 is 11.9 Å². The summed E-state index contributed by atoms with van der Waals surface area (Å²) in [7, 11) is 0. The molecule has 18 heavy (non-hydrogen) atoms. The number of rotatable bonds is 8. The van der Waals surface area contributed by atoms with Crippen molar-refractivity contribution in [3.8, 4) is 0 Å². The molecule has 104 valence electrons. The Hall–Kier alpha value is -1.14. The maximum absolute atomic E-state index is 11.7. The second-order valence-corrected chi connectivity index (χ2v) is 4.34. The number of carbonyl (C=O) groups is 2. The number of ether oxygens (including phenoxy) is 1. The number of hydrogen-bond donors (Lipinski definition) is 2. The van der Waals surface area contributed by atoms with Crippen molar-refractivity contribution < 1.29 is 19.4 Å². The molecular weight excluding hydrogens is 236 g/mol. The monoisotopic (exact) mass is 258 g/mol. The second-order valence-electron chi connectivity index (χ2n) is 4.34. The van der Waals surface area contributed by atoms with Gasteiger partial charge in [-0.15, -0.1) is 0 Å². The van der Waals surface area contributed by atoms with Gasteiger partial charge in [0, 0.05) is 25.9 Å². The molecule has 0 atom stereocenters. The fourth-order valence-corrected chi connectivity index (χ4v) is 1.83. The quantitative estimate of drug-likeness (QED) is 0.603. The van der Waals surface area contributed by atoms with Gasteiger partial charge in [-0.25, -0.2) is 0 Å². The topological polar surface area (TPSA) is 78.9 Å². The number of nitrogens with zero attached hydrogens (tertiary/aromatic N) is 1. The van der Waals surface area contributed by atoms with Crippen LogP contribution in [0.3, 0.4) is 0 Å². The van der Waals surface area contributed by atoms with E-state index in [-0.39, 0.29) is 12.3 Å². The summed E-state index contributed by atoms with van der Waals surface area (Å²) in [6, 6.07) is 0. The summed E-state index contributed by atoms with van der Waals surface area (Å²) in [5.74, 6) is -0.579. The lowest BCUT2D eigenvalue weighted by molar-refractivity contribution is -0.137. The fourth-order valence-electron chi connectivity index (χ4n) is 1.83. The standard InChI is InChI=1S/C12H22N2O4/c15-11(14-7-9-18-10-8-14)3-1-5-13-6-2-4-12(16)17/h13H,1-10H2,(H,16,17). The van der Waals surface area contributed by atoms with Crippen molar-refractivity contribution in [3.63, 3.8) is 0 Å². The van der Waals surface area contributed by atoms with Crippen molar-refractivity contribution in [1.29, 1.82) is 0 Å². The SMILES string of the molecule is O=C(O)CCCNCCCC(=O)N1CCOCC1. The smallest absolute Gasteiger partial charge is 0.303 e. The van der Waals surface area contributed by atoms with Gasteiger partial charge in [0.15, 0.2) is 0 Å². The molecule has 1 saturated heterocycles. The molecule has 1 amide bonds. The lowest BCUT2D eigenvalue weighted by Gasteiger charge is -2.26. The maximum atomic E-state index is 11.7. The third kappa shape index (κ3) is 6.56. The van der Waals surface area contributed by atoms with E-state index in [1.165, 1.54) is 0 Å². The lowest BCUT2D eigenvalue weighted by Crippen LogP contribution is -2.40. The predicted molar refractivity (Wildman–Crippen MR) is 66.4 cm³/mol. The van der Waals surface area contributed by atoms with Gasteiger partial charge in [0.05, 0.1) is 13.2 Å². The summed E-state index contributed by atoms with van der Waals surface area (Å²) in [6.45, 7) is 4.13. The van der Waals surface area contributed by atoms with Crippen LogP contribution in [0.4, 0.5) is 0 Å². The maximum Gasteiger partial charge on any atom is 0.303 e. The van der Waals surface area contributed by atoms with Gasteiger partial charge in [0.25, 0.3) is 0 Å². The Labute approximate surface area is 107 Å². The molecule has 0 saturated carbocycles. The van der Waals surface area contributed by atoms with Crippen molar-refractivity contribution in [1.82, 2.24) is 10.2 Å². The van der Waals surface area contributed by atoms with Crippen LogP contribution >= 0.6 is 0 Å². The fraction of sp³-hybridized carbons (Fsp3) is 0.833. The minimum atomic E-state index is -0.765. The van der Waals surface area contributed by atoms with Gasteiger partial charge in [-0.1, -0.05) is 0 Å². The first-order valence-electron chi connectivity index (χ1n) is 6.48. The van der Waals surface area contributed by atoms with Crippen LogP contribution in [0.2, 0.25) is 0 Å². The van der Waals surface area contributed by atoms with Gasteiger partial charge < -0.3 is 20.1 Å². The van der Waals surface area contributed by atoms with E-state index >= 15 is 0 Å². The molecule has 0 aromatic heterocycles. The zero-order valence-electron chi connectivity index (χ0n) is 10.7. The van der Waals surface area contributed by atoms with Gasteiger partial charge in [0.1, 0.15) is 0 Å². The summed E-state index contributed by atoms with van der Waals surface area (Å²) < 4.78 is 5.18. The van der Waals surface area contributed by atoms with E-state index < -0.39 is 5.97 Å². The Kier molecular flexibility index (Phi) is 7.36. The largest absolute Gasteiger partial charge is 0.481 e. The average molecular weight is 258 g/mol. The number of morpholine rings is 1. The average Bonchev–Trinajstić information content (AvgIpc) is 2.38. The van der Waals surface area contributed by atoms with E-state index in [1.807, 2.05) is 4.90 Å². The van der Waals surface area contributed by atoms with Gasteiger partial charge in [0.2, 0.25) is 5.91 Å². The first kappa shape index (κ1) is 14.9. The van der Waals surface area contributed by atoms with E-state index in [4.69, 9.17) is 9.84 Å². The first-order valence-corrected chi connectivity index (χ1v) is 6.48. The number of aliphatic carboxylic acids is 1. The van der Waals surface area contributed by atoms with Gasteiger partial charge in [-0.3, -0.25) is 9.59 Å². The van der Waals surface area contributed by atoms with E-state index in [9.17, 15) is 9.59 Å². The molecule has 1 heterocycles. The molecule has 0 aliphatic carbocycles. The Morgan fingerprint density at radius 2 is 1.72 bits per heavy atom. The van der Waals surface area contributed by atoms with Crippen molar-refractivity contribution in [3.05, 3.63) is 0 Å². The normalized spacial score (nSPS) is 15.7.